The van der Waals surface area contributed by atoms with Crippen molar-refractivity contribution in [1.82, 2.24) is 0 Å². The van der Waals surface area contributed by atoms with E-state index in [4.69, 9.17) is 33.2 Å². The van der Waals surface area contributed by atoms with E-state index < -0.39 is 46.9 Å². The fraction of sp³-hybridized carbons (Fsp3) is 0.483. The van der Waals surface area contributed by atoms with E-state index in [1.165, 1.54) is 34.1 Å². The maximum atomic E-state index is 13.4. The Hall–Kier alpha value is -3.99. The molecule has 0 saturated carbocycles. The molecule has 2 aliphatic heterocycles. The number of methoxy groups -OCH3 is 2. The van der Waals surface area contributed by atoms with Gasteiger partial charge < -0.3 is 38.3 Å². The maximum Gasteiger partial charge on any atom is 0.334 e. The number of benzene rings is 1. The molecule has 1 spiro atoms. The number of carbonyl (C=O) groups excluding carboxylic acids is 3. The van der Waals surface area contributed by atoms with Gasteiger partial charge >= 0.3 is 11.9 Å². The SMILES string of the molecule is C/C=C(/C)C(=O)O[C@H]1C2=CC(=O)C(OC)=C(OC)[C@@]23COc2c4c(cc(c23)[C@H](OC(C)=O)[C@H](C)[C@]1(C)O)OCO4. The molecule has 40 heavy (non-hydrogen) atoms. The minimum Gasteiger partial charge on any atom is -0.496 e. The van der Waals surface area contributed by atoms with Crippen molar-refractivity contribution in [2.45, 2.75) is 57.8 Å². The third-order valence-corrected chi connectivity index (χ3v) is 8.28. The Balaban J connectivity index is 1.92. The molecule has 4 aliphatic rings. The molecule has 0 fully saturated rings. The Labute approximate surface area is 231 Å². The number of hydrogen-bond acceptors (Lipinski definition) is 11. The second-order valence-corrected chi connectivity index (χ2v) is 10.4. The van der Waals surface area contributed by atoms with Gasteiger partial charge in [-0.1, -0.05) is 13.0 Å². The van der Waals surface area contributed by atoms with Crippen LogP contribution < -0.4 is 14.2 Å². The van der Waals surface area contributed by atoms with Gasteiger partial charge in [0, 0.05) is 29.5 Å². The van der Waals surface area contributed by atoms with Crippen LogP contribution in [0.1, 0.15) is 51.8 Å². The minimum atomic E-state index is -1.87. The molecule has 5 rings (SSSR count). The molecule has 0 saturated heterocycles. The van der Waals surface area contributed by atoms with Gasteiger partial charge in [0.25, 0.3) is 0 Å². The highest BCUT2D eigenvalue weighted by Crippen LogP contribution is 2.63. The number of carbonyl (C=O) groups is 3. The molecule has 1 aromatic rings. The van der Waals surface area contributed by atoms with Gasteiger partial charge in [0.2, 0.25) is 24.1 Å². The first kappa shape index (κ1) is 27.6. The molecule has 1 N–H and O–H groups in total. The summed E-state index contributed by atoms with van der Waals surface area (Å²) in [5.74, 6) is -1.69. The van der Waals surface area contributed by atoms with Gasteiger partial charge in [-0.15, -0.1) is 0 Å². The largest absolute Gasteiger partial charge is 0.496 e. The molecule has 0 aromatic heterocycles. The van der Waals surface area contributed by atoms with Gasteiger partial charge in [-0.2, -0.15) is 0 Å². The van der Waals surface area contributed by atoms with Crippen molar-refractivity contribution in [2.75, 3.05) is 27.6 Å². The molecular formula is C29H32O11. The standard InChI is InChI=1S/C29H32O11/c1-8-13(2)27(32)40-25-17-10-18(31)22(34-6)26(35-7)29(17)11-36-24-20(29)16(9-19-23(24)38-12-37-19)21(39-15(4)30)14(3)28(25,5)33/h8-10,14,21,25,33H,11-12H2,1-7H3/b13-8-/t14-,21+,25-,28-,29-/m0/s1. The number of aliphatic hydroxyl groups is 1. The predicted octanol–water partition coefficient (Wildman–Crippen LogP) is 2.94. The van der Waals surface area contributed by atoms with Gasteiger partial charge in [-0.25, -0.2) is 4.79 Å². The van der Waals surface area contributed by atoms with Crippen LogP contribution in [0.3, 0.4) is 0 Å². The fourth-order valence-corrected chi connectivity index (χ4v) is 5.99. The molecule has 0 bridgehead atoms. The number of rotatable bonds is 5. The molecule has 0 amide bonds. The number of ketones is 1. The van der Waals surface area contributed by atoms with Gasteiger partial charge in [-0.3, -0.25) is 9.59 Å². The molecule has 11 nitrogen and oxygen atoms in total. The van der Waals surface area contributed by atoms with Crippen LogP contribution >= 0.6 is 0 Å². The molecule has 214 valence electrons. The van der Waals surface area contributed by atoms with E-state index in [-0.39, 0.29) is 30.5 Å². The zero-order valence-electron chi connectivity index (χ0n) is 23.4. The van der Waals surface area contributed by atoms with Crippen molar-refractivity contribution >= 4 is 17.7 Å². The van der Waals surface area contributed by atoms with Gasteiger partial charge in [0.15, 0.2) is 23.4 Å². The first-order valence-electron chi connectivity index (χ1n) is 12.9. The van der Waals surface area contributed by atoms with Crippen molar-refractivity contribution in [2.24, 2.45) is 5.92 Å². The highest BCUT2D eigenvalue weighted by molar-refractivity contribution is 6.06. The quantitative estimate of drug-likeness (QED) is 0.423. The van der Waals surface area contributed by atoms with Crippen LogP contribution in [-0.2, 0) is 38.7 Å². The van der Waals surface area contributed by atoms with Crippen molar-refractivity contribution < 1.29 is 52.6 Å². The van der Waals surface area contributed by atoms with Crippen LogP contribution in [0.4, 0.5) is 0 Å². The van der Waals surface area contributed by atoms with Gasteiger partial charge in [-0.05, 0) is 38.5 Å². The summed E-state index contributed by atoms with van der Waals surface area (Å²) >= 11 is 0. The lowest BCUT2D eigenvalue weighted by Crippen LogP contribution is -2.57. The highest BCUT2D eigenvalue weighted by atomic mass is 16.7. The molecular weight excluding hydrogens is 524 g/mol. The van der Waals surface area contributed by atoms with Gasteiger partial charge in [0.05, 0.1) is 14.2 Å². The van der Waals surface area contributed by atoms with Crippen molar-refractivity contribution in [3.05, 3.63) is 52.0 Å². The van der Waals surface area contributed by atoms with Crippen LogP contribution in [-0.4, -0.2) is 62.2 Å². The smallest absolute Gasteiger partial charge is 0.334 e. The van der Waals surface area contributed by atoms with Crippen LogP contribution in [0.15, 0.2) is 40.9 Å². The van der Waals surface area contributed by atoms with Crippen LogP contribution in [0.2, 0.25) is 0 Å². The lowest BCUT2D eigenvalue weighted by atomic mass is 9.60. The van der Waals surface area contributed by atoms with Crippen molar-refractivity contribution in [3.8, 4) is 17.2 Å². The summed E-state index contributed by atoms with van der Waals surface area (Å²) < 4.78 is 40.9. The van der Waals surface area contributed by atoms with E-state index in [1.54, 1.807) is 32.9 Å². The van der Waals surface area contributed by atoms with E-state index in [2.05, 4.69) is 0 Å². The summed E-state index contributed by atoms with van der Waals surface area (Å²) in [5.41, 5.74) is -1.85. The molecule has 0 radical (unpaired) electrons. The highest BCUT2D eigenvalue weighted by Gasteiger charge is 2.64. The molecule has 1 aromatic carbocycles. The van der Waals surface area contributed by atoms with E-state index >= 15 is 0 Å². The second-order valence-electron chi connectivity index (χ2n) is 10.4. The number of hydrogen-bond donors (Lipinski definition) is 1. The zero-order valence-corrected chi connectivity index (χ0v) is 23.4. The summed E-state index contributed by atoms with van der Waals surface area (Å²) in [7, 11) is 2.73. The van der Waals surface area contributed by atoms with Crippen LogP contribution in [0, 0.1) is 5.92 Å². The first-order chi connectivity index (χ1) is 18.9. The second kappa shape index (κ2) is 9.58. The summed E-state index contributed by atoms with van der Waals surface area (Å²) in [6.45, 7) is 7.50. The lowest BCUT2D eigenvalue weighted by molar-refractivity contribution is -0.177. The zero-order chi connectivity index (χ0) is 29.1. The van der Waals surface area contributed by atoms with Crippen molar-refractivity contribution in [3.63, 3.8) is 0 Å². The van der Waals surface area contributed by atoms with E-state index in [9.17, 15) is 19.5 Å². The lowest BCUT2D eigenvalue weighted by Gasteiger charge is -2.49. The molecule has 2 aliphatic carbocycles. The Morgan fingerprint density at radius 3 is 2.45 bits per heavy atom. The van der Waals surface area contributed by atoms with E-state index in [0.29, 0.717) is 33.9 Å². The Kier molecular flexibility index (Phi) is 6.60. The summed E-state index contributed by atoms with van der Waals surface area (Å²) in [6.07, 6.45) is 0.423. The number of fused-ring (bicyclic) bond motifs is 2. The first-order valence-corrected chi connectivity index (χ1v) is 12.9. The Morgan fingerprint density at radius 2 is 1.82 bits per heavy atom. The average molecular weight is 557 g/mol. The summed E-state index contributed by atoms with van der Waals surface area (Å²) in [4.78, 5) is 39.0. The summed E-state index contributed by atoms with van der Waals surface area (Å²) in [6, 6.07) is 1.68. The number of ether oxygens (including phenoxy) is 7. The normalized spacial score (nSPS) is 30.3. The summed E-state index contributed by atoms with van der Waals surface area (Å²) in [5, 5.41) is 12.2. The minimum absolute atomic E-state index is 0.0621. The average Bonchev–Trinajstić information content (AvgIpc) is 3.55. The third-order valence-electron chi connectivity index (χ3n) is 8.28. The maximum absolute atomic E-state index is 13.4. The predicted molar refractivity (Wildman–Crippen MR) is 137 cm³/mol. The Bertz CT molecular complexity index is 1400. The molecule has 2 heterocycles. The molecule has 0 unspecified atom stereocenters. The third kappa shape index (κ3) is 3.71. The Morgan fingerprint density at radius 1 is 1.10 bits per heavy atom. The fourth-order valence-electron chi connectivity index (χ4n) is 5.99. The van der Waals surface area contributed by atoms with Crippen LogP contribution in [0.5, 0.6) is 17.2 Å². The van der Waals surface area contributed by atoms with Crippen LogP contribution in [0.25, 0.3) is 0 Å². The number of allylic oxidation sites excluding steroid dienone is 2. The number of esters is 2. The van der Waals surface area contributed by atoms with E-state index in [1.807, 2.05) is 0 Å². The van der Waals surface area contributed by atoms with E-state index in [0.717, 1.165) is 0 Å². The topological polar surface area (TPSA) is 136 Å². The monoisotopic (exact) mass is 556 g/mol. The van der Waals surface area contributed by atoms with Gasteiger partial charge in [0.1, 0.15) is 23.7 Å². The van der Waals surface area contributed by atoms with Crippen molar-refractivity contribution in [1.29, 1.82) is 0 Å². The molecule has 5 atom stereocenters. The molecule has 11 heteroatoms.